The molecule has 0 saturated carbocycles. The van der Waals surface area contributed by atoms with Gasteiger partial charge in [-0.05, 0) is 19.2 Å². The van der Waals surface area contributed by atoms with Gasteiger partial charge in [0.15, 0.2) is 11.4 Å². The average molecular weight is 177 g/mol. The standard InChI is InChI=1S/C9H11N3O/c1-11-5-6-13-9-3-2-4-12-8(9)7-10/h2-4,11H,5-6H2,1H3. The summed E-state index contributed by atoms with van der Waals surface area (Å²) in [5, 5.41) is 11.6. The van der Waals surface area contributed by atoms with Crippen molar-refractivity contribution in [3.05, 3.63) is 24.0 Å². The first kappa shape index (κ1) is 9.49. The minimum Gasteiger partial charge on any atom is -0.489 e. The van der Waals surface area contributed by atoms with E-state index in [-0.39, 0.29) is 0 Å². The van der Waals surface area contributed by atoms with Gasteiger partial charge in [0.2, 0.25) is 0 Å². The molecule has 0 bridgehead atoms. The molecule has 68 valence electrons. The summed E-state index contributed by atoms with van der Waals surface area (Å²) in [6, 6.07) is 5.45. The average Bonchev–Trinajstić information content (AvgIpc) is 2.19. The number of nitrogens with zero attached hydrogens (tertiary/aromatic N) is 2. The summed E-state index contributed by atoms with van der Waals surface area (Å²) in [7, 11) is 1.85. The Morgan fingerprint density at radius 1 is 1.69 bits per heavy atom. The molecule has 0 aliphatic rings. The van der Waals surface area contributed by atoms with Gasteiger partial charge in [0.25, 0.3) is 0 Å². The molecule has 1 heterocycles. The highest BCUT2D eigenvalue weighted by Crippen LogP contribution is 2.12. The van der Waals surface area contributed by atoms with E-state index in [4.69, 9.17) is 10.00 Å². The zero-order valence-corrected chi connectivity index (χ0v) is 7.45. The molecule has 0 saturated heterocycles. The predicted molar refractivity (Wildman–Crippen MR) is 48.4 cm³/mol. The van der Waals surface area contributed by atoms with Crippen LogP contribution in [-0.4, -0.2) is 25.2 Å². The molecule has 4 heteroatoms. The van der Waals surface area contributed by atoms with Crippen molar-refractivity contribution in [1.82, 2.24) is 10.3 Å². The molecule has 0 spiro atoms. The summed E-state index contributed by atoms with van der Waals surface area (Å²) in [6.45, 7) is 1.29. The number of hydrogen-bond donors (Lipinski definition) is 1. The number of nitrogens with one attached hydrogen (secondary N) is 1. The van der Waals surface area contributed by atoms with Gasteiger partial charge in [0.05, 0.1) is 0 Å². The van der Waals surface area contributed by atoms with E-state index in [0.717, 1.165) is 6.54 Å². The summed E-state index contributed by atoms with van der Waals surface area (Å²) in [4.78, 5) is 3.87. The topological polar surface area (TPSA) is 57.9 Å². The number of hydrogen-bond acceptors (Lipinski definition) is 4. The lowest BCUT2D eigenvalue weighted by molar-refractivity contribution is 0.316. The van der Waals surface area contributed by atoms with Crippen molar-refractivity contribution in [2.75, 3.05) is 20.2 Å². The number of aromatic nitrogens is 1. The van der Waals surface area contributed by atoms with Gasteiger partial charge < -0.3 is 10.1 Å². The number of nitriles is 1. The van der Waals surface area contributed by atoms with Crippen LogP contribution in [0.4, 0.5) is 0 Å². The minimum atomic E-state index is 0.332. The van der Waals surface area contributed by atoms with Gasteiger partial charge >= 0.3 is 0 Å². The fourth-order valence-corrected chi connectivity index (χ4v) is 0.854. The molecule has 13 heavy (non-hydrogen) atoms. The lowest BCUT2D eigenvalue weighted by atomic mass is 10.3. The predicted octanol–water partition coefficient (Wildman–Crippen LogP) is 0.551. The first-order chi connectivity index (χ1) is 6.38. The van der Waals surface area contributed by atoms with Gasteiger partial charge in [-0.3, -0.25) is 0 Å². The van der Waals surface area contributed by atoms with Crippen LogP contribution in [0.5, 0.6) is 5.75 Å². The lowest BCUT2D eigenvalue weighted by Gasteiger charge is -2.05. The molecule has 1 rings (SSSR count). The van der Waals surface area contributed by atoms with Crippen molar-refractivity contribution < 1.29 is 4.74 Å². The summed E-state index contributed by atoms with van der Waals surface area (Å²) in [5.74, 6) is 0.542. The summed E-state index contributed by atoms with van der Waals surface area (Å²) < 4.78 is 5.32. The molecular weight excluding hydrogens is 166 g/mol. The Balaban J connectivity index is 2.60. The van der Waals surface area contributed by atoms with Crippen LogP contribution in [-0.2, 0) is 0 Å². The smallest absolute Gasteiger partial charge is 0.182 e. The molecule has 0 fully saturated rings. The first-order valence-corrected chi connectivity index (χ1v) is 4.01. The molecule has 0 amide bonds. The monoisotopic (exact) mass is 177 g/mol. The van der Waals surface area contributed by atoms with E-state index in [1.165, 1.54) is 0 Å². The van der Waals surface area contributed by atoms with Gasteiger partial charge in [0.1, 0.15) is 12.7 Å². The molecule has 0 unspecified atom stereocenters. The van der Waals surface area contributed by atoms with Gasteiger partial charge in [-0.15, -0.1) is 0 Å². The zero-order chi connectivity index (χ0) is 9.52. The van der Waals surface area contributed by atoms with E-state index in [0.29, 0.717) is 18.1 Å². The van der Waals surface area contributed by atoms with Crippen LogP contribution in [0, 0.1) is 11.3 Å². The third-order valence-electron chi connectivity index (χ3n) is 1.49. The SMILES string of the molecule is CNCCOc1cccnc1C#N. The van der Waals surface area contributed by atoms with Crippen LogP contribution in [0.15, 0.2) is 18.3 Å². The summed E-state index contributed by atoms with van der Waals surface area (Å²) in [6.07, 6.45) is 1.57. The van der Waals surface area contributed by atoms with E-state index in [2.05, 4.69) is 10.3 Å². The van der Waals surface area contributed by atoms with Gasteiger partial charge in [0, 0.05) is 12.7 Å². The molecule has 0 atom stereocenters. The number of ether oxygens (including phenoxy) is 1. The highest BCUT2D eigenvalue weighted by Gasteiger charge is 2.01. The van der Waals surface area contributed by atoms with Crippen molar-refractivity contribution in [1.29, 1.82) is 5.26 Å². The van der Waals surface area contributed by atoms with E-state index in [1.807, 2.05) is 13.1 Å². The molecule has 0 radical (unpaired) electrons. The second kappa shape index (κ2) is 5.12. The lowest BCUT2D eigenvalue weighted by Crippen LogP contribution is -2.16. The fourth-order valence-electron chi connectivity index (χ4n) is 0.854. The Labute approximate surface area is 77.2 Å². The van der Waals surface area contributed by atoms with Crippen LogP contribution in [0.3, 0.4) is 0 Å². The number of likely N-dealkylation sites (N-methyl/N-ethyl adjacent to an activating group) is 1. The van der Waals surface area contributed by atoms with Crippen LogP contribution >= 0.6 is 0 Å². The quantitative estimate of drug-likeness (QED) is 0.682. The molecule has 0 aliphatic heterocycles. The van der Waals surface area contributed by atoms with Crippen molar-refractivity contribution >= 4 is 0 Å². The number of pyridine rings is 1. The molecule has 1 aromatic rings. The molecule has 0 aromatic carbocycles. The van der Waals surface area contributed by atoms with Gasteiger partial charge in [-0.2, -0.15) is 5.26 Å². The highest BCUT2D eigenvalue weighted by molar-refractivity contribution is 5.36. The van der Waals surface area contributed by atoms with Crippen LogP contribution < -0.4 is 10.1 Å². The highest BCUT2D eigenvalue weighted by atomic mass is 16.5. The largest absolute Gasteiger partial charge is 0.489 e. The Kier molecular flexibility index (Phi) is 3.74. The third kappa shape index (κ3) is 2.73. The van der Waals surface area contributed by atoms with Crippen molar-refractivity contribution in [2.24, 2.45) is 0 Å². The van der Waals surface area contributed by atoms with Crippen LogP contribution in [0.2, 0.25) is 0 Å². The maximum atomic E-state index is 8.67. The van der Waals surface area contributed by atoms with Crippen molar-refractivity contribution in [2.45, 2.75) is 0 Å². The van der Waals surface area contributed by atoms with Crippen molar-refractivity contribution in [3.8, 4) is 11.8 Å². The van der Waals surface area contributed by atoms with Crippen LogP contribution in [0.25, 0.3) is 0 Å². The molecule has 1 N–H and O–H groups in total. The Hall–Kier alpha value is -1.60. The second-order valence-electron chi connectivity index (χ2n) is 2.41. The summed E-state index contributed by atoms with van der Waals surface area (Å²) >= 11 is 0. The normalized spacial score (nSPS) is 9.23. The maximum absolute atomic E-state index is 8.67. The van der Waals surface area contributed by atoms with Gasteiger partial charge in [-0.25, -0.2) is 4.98 Å². The minimum absolute atomic E-state index is 0.332. The van der Waals surface area contributed by atoms with E-state index < -0.39 is 0 Å². The van der Waals surface area contributed by atoms with E-state index >= 15 is 0 Å². The first-order valence-electron chi connectivity index (χ1n) is 4.01. The molecule has 4 nitrogen and oxygen atoms in total. The second-order valence-corrected chi connectivity index (χ2v) is 2.41. The zero-order valence-electron chi connectivity index (χ0n) is 7.45. The van der Waals surface area contributed by atoms with Crippen molar-refractivity contribution in [3.63, 3.8) is 0 Å². The van der Waals surface area contributed by atoms with E-state index in [1.54, 1.807) is 18.3 Å². The Morgan fingerprint density at radius 2 is 2.54 bits per heavy atom. The Bertz CT molecular complexity index is 306. The number of rotatable bonds is 4. The van der Waals surface area contributed by atoms with E-state index in [9.17, 15) is 0 Å². The molecule has 1 aromatic heterocycles. The van der Waals surface area contributed by atoms with Crippen LogP contribution in [0.1, 0.15) is 5.69 Å². The third-order valence-corrected chi connectivity index (χ3v) is 1.49. The summed E-state index contributed by atoms with van der Waals surface area (Å²) in [5.41, 5.74) is 0.332. The molecular formula is C9H11N3O. The maximum Gasteiger partial charge on any atom is 0.182 e. The Morgan fingerprint density at radius 3 is 3.23 bits per heavy atom. The fraction of sp³-hybridized carbons (Fsp3) is 0.333. The van der Waals surface area contributed by atoms with Gasteiger partial charge in [-0.1, -0.05) is 0 Å². The molecule has 0 aliphatic carbocycles.